The molecule has 0 amide bonds. The molecule has 0 aliphatic rings. The number of pyridine rings is 1. The summed E-state index contributed by atoms with van der Waals surface area (Å²) in [6, 6.07) is 5.01. The van der Waals surface area contributed by atoms with Crippen molar-refractivity contribution in [1.29, 1.82) is 0 Å². The molecule has 0 radical (unpaired) electrons. The van der Waals surface area contributed by atoms with E-state index in [0.29, 0.717) is 16.8 Å². The Labute approximate surface area is 112 Å². The fourth-order valence-electron chi connectivity index (χ4n) is 1.56. The molecule has 18 heavy (non-hydrogen) atoms. The average molecular weight is 312 g/mol. The van der Waals surface area contributed by atoms with Crippen LogP contribution in [0.1, 0.15) is 5.76 Å². The average Bonchev–Trinajstić information content (AvgIpc) is 2.81. The van der Waals surface area contributed by atoms with Gasteiger partial charge < -0.3 is 9.32 Å². The van der Waals surface area contributed by atoms with Crippen LogP contribution in [0.15, 0.2) is 39.5 Å². The molecular weight excluding hydrogens is 302 g/mol. The van der Waals surface area contributed by atoms with Crippen molar-refractivity contribution in [1.82, 2.24) is 4.98 Å². The van der Waals surface area contributed by atoms with Gasteiger partial charge in [0.1, 0.15) is 5.76 Å². The number of nitrogens with zero attached hydrogens (tertiary/aromatic N) is 3. The zero-order chi connectivity index (χ0) is 13.1. The number of nitro groups is 1. The lowest BCUT2D eigenvalue weighted by atomic mass is 10.3. The first-order valence-corrected chi connectivity index (χ1v) is 5.90. The second kappa shape index (κ2) is 5.18. The van der Waals surface area contributed by atoms with E-state index in [1.165, 1.54) is 12.3 Å². The summed E-state index contributed by atoms with van der Waals surface area (Å²) in [5.41, 5.74) is -0.0431. The van der Waals surface area contributed by atoms with Crippen LogP contribution in [0.2, 0.25) is 0 Å². The van der Waals surface area contributed by atoms with Gasteiger partial charge in [-0.2, -0.15) is 0 Å². The lowest BCUT2D eigenvalue weighted by Gasteiger charge is -2.16. The molecule has 0 atom stereocenters. The van der Waals surface area contributed by atoms with Crippen molar-refractivity contribution in [2.75, 3.05) is 11.9 Å². The van der Waals surface area contributed by atoms with Gasteiger partial charge in [0.25, 0.3) is 0 Å². The normalized spacial score (nSPS) is 10.3. The highest BCUT2D eigenvalue weighted by Crippen LogP contribution is 2.28. The minimum Gasteiger partial charge on any atom is -0.467 e. The predicted octanol–water partition coefficient (Wildman–Crippen LogP) is 2.98. The highest BCUT2D eigenvalue weighted by molar-refractivity contribution is 9.10. The van der Waals surface area contributed by atoms with Crippen molar-refractivity contribution in [3.05, 3.63) is 51.0 Å². The number of halogens is 1. The topological polar surface area (TPSA) is 72.4 Å². The number of anilines is 1. The minimum atomic E-state index is -0.453. The van der Waals surface area contributed by atoms with Gasteiger partial charge in [-0.3, -0.25) is 10.1 Å². The molecular formula is C11H10BrN3O3. The van der Waals surface area contributed by atoms with E-state index in [2.05, 4.69) is 20.9 Å². The van der Waals surface area contributed by atoms with Crippen molar-refractivity contribution in [3.63, 3.8) is 0 Å². The molecule has 0 aliphatic carbocycles. The van der Waals surface area contributed by atoms with Crippen molar-refractivity contribution in [2.24, 2.45) is 0 Å². The molecule has 94 valence electrons. The minimum absolute atomic E-state index is 0.0431. The molecule has 7 heteroatoms. The first-order valence-electron chi connectivity index (χ1n) is 5.11. The maximum absolute atomic E-state index is 11.0. The predicted molar refractivity (Wildman–Crippen MR) is 69.4 cm³/mol. The summed E-state index contributed by atoms with van der Waals surface area (Å²) in [7, 11) is 1.73. The molecule has 0 aromatic carbocycles. The highest BCUT2D eigenvalue weighted by Gasteiger charge is 2.19. The summed E-state index contributed by atoms with van der Waals surface area (Å²) in [4.78, 5) is 16.3. The second-order valence-corrected chi connectivity index (χ2v) is 4.60. The van der Waals surface area contributed by atoms with Gasteiger partial charge in [-0.15, -0.1) is 0 Å². The Morgan fingerprint density at radius 2 is 2.39 bits per heavy atom. The smallest absolute Gasteiger partial charge is 0.312 e. The lowest BCUT2D eigenvalue weighted by Crippen LogP contribution is -2.18. The quantitative estimate of drug-likeness (QED) is 0.641. The second-order valence-electron chi connectivity index (χ2n) is 3.69. The molecule has 0 aliphatic heterocycles. The molecule has 2 rings (SSSR count). The summed E-state index contributed by atoms with van der Waals surface area (Å²) in [6.45, 7) is 0.419. The van der Waals surface area contributed by atoms with Crippen LogP contribution in [-0.2, 0) is 6.54 Å². The van der Waals surface area contributed by atoms with Gasteiger partial charge >= 0.3 is 5.69 Å². The third-order valence-corrected chi connectivity index (χ3v) is 2.78. The molecule has 2 aromatic heterocycles. The van der Waals surface area contributed by atoms with Gasteiger partial charge in [0.15, 0.2) is 0 Å². The van der Waals surface area contributed by atoms with Crippen LogP contribution in [0.3, 0.4) is 0 Å². The fraction of sp³-hybridized carbons (Fsp3) is 0.182. The Morgan fingerprint density at radius 3 is 3.00 bits per heavy atom. The summed E-state index contributed by atoms with van der Waals surface area (Å²) < 4.78 is 5.77. The van der Waals surface area contributed by atoms with Crippen molar-refractivity contribution in [3.8, 4) is 0 Å². The molecule has 0 saturated heterocycles. The Kier molecular flexibility index (Phi) is 3.61. The first kappa shape index (κ1) is 12.6. The molecule has 0 fully saturated rings. The van der Waals surface area contributed by atoms with Crippen LogP contribution in [0.4, 0.5) is 11.5 Å². The Morgan fingerprint density at radius 1 is 1.61 bits per heavy atom. The van der Waals surface area contributed by atoms with Crippen molar-refractivity contribution < 1.29 is 9.34 Å². The van der Waals surface area contributed by atoms with Crippen LogP contribution in [0, 0.1) is 10.1 Å². The van der Waals surface area contributed by atoms with Crippen molar-refractivity contribution in [2.45, 2.75) is 6.54 Å². The number of rotatable bonds is 4. The summed E-state index contributed by atoms with van der Waals surface area (Å²) in [5, 5.41) is 11.0. The van der Waals surface area contributed by atoms with Crippen LogP contribution in [-0.4, -0.2) is 17.0 Å². The van der Waals surface area contributed by atoms with Gasteiger partial charge in [-0.05, 0) is 28.1 Å². The fourth-order valence-corrected chi connectivity index (χ4v) is 1.88. The van der Waals surface area contributed by atoms with Gasteiger partial charge in [0, 0.05) is 23.8 Å². The summed E-state index contributed by atoms with van der Waals surface area (Å²) in [6.07, 6.45) is 3.09. The molecule has 0 bridgehead atoms. The number of furan rings is 1. The maximum Gasteiger partial charge on any atom is 0.312 e. The van der Waals surface area contributed by atoms with E-state index in [9.17, 15) is 10.1 Å². The molecule has 0 saturated carbocycles. The van der Waals surface area contributed by atoms with Crippen molar-refractivity contribution >= 4 is 27.4 Å². The largest absolute Gasteiger partial charge is 0.467 e. The molecule has 6 nitrogen and oxygen atoms in total. The Hall–Kier alpha value is -1.89. The maximum atomic E-state index is 11.0. The lowest BCUT2D eigenvalue weighted by molar-refractivity contribution is -0.384. The van der Waals surface area contributed by atoms with E-state index in [-0.39, 0.29) is 5.69 Å². The SMILES string of the molecule is CN(Cc1ccco1)c1ncc(Br)cc1[N+](=O)[O-]. The van der Waals surface area contributed by atoms with Crippen LogP contribution < -0.4 is 4.90 Å². The molecule has 2 aromatic rings. The third-order valence-electron chi connectivity index (χ3n) is 2.35. The van der Waals surface area contributed by atoms with Crippen LogP contribution in [0.25, 0.3) is 0 Å². The van der Waals surface area contributed by atoms with Crippen LogP contribution in [0.5, 0.6) is 0 Å². The molecule has 0 N–H and O–H groups in total. The number of aromatic nitrogens is 1. The zero-order valence-electron chi connectivity index (χ0n) is 9.54. The third kappa shape index (κ3) is 2.67. The molecule has 2 heterocycles. The summed E-state index contributed by atoms with van der Waals surface area (Å²) >= 11 is 3.17. The molecule has 0 unspecified atom stereocenters. The highest BCUT2D eigenvalue weighted by atomic mass is 79.9. The number of hydrogen-bond acceptors (Lipinski definition) is 5. The standard InChI is InChI=1S/C11H10BrN3O3/c1-14(7-9-3-2-4-18-9)11-10(15(16)17)5-8(12)6-13-11/h2-6H,7H2,1H3. The van der Waals surface area contributed by atoms with E-state index in [0.717, 1.165) is 5.76 Å². The van der Waals surface area contributed by atoms with Gasteiger partial charge in [0.2, 0.25) is 5.82 Å². The van der Waals surface area contributed by atoms with E-state index < -0.39 is 4.92 Å². The van der Waals surface area contributed by atoms with E-state index in [4.69, 9.17) is 4.42 Å². The first-order chi connectivity index (χ1) is 8.58. The van der Waals surface area contributed by atoms with Gasteiger partial charge in [-0.1, -0.05) is 0 Å². The van der Waals surface area contributed by atoms with E-state index in [1.54, 1.807) is 30.3 Å². The Bertz CT molecular complexity index is 557. The van der Waals surface area contributed by atoms with Gasteiger partial charge in [-0.25, -0.2) is 4.98 Å². The Balaban J connectivity index is 2.29. The van der Waals surface area contributed by atoms with E-state index >= 15 is 0 Å². The zero-order valence-corrected chi connectivity index (χ0v) is 11.1. The summed E-state index contributed by atoms with van der Waals surface area (Å²) in [5.74, 6) is 1.02. The van der Waals surface area contributed by atoms with Crippen LogP contribution >= 0.6 is 15.9 Å². The molecule has 0 spiro atoms. The van der Waals surface area contributed by atoms with E-state index in [1.807, 2.05) is 0 Å². The monoisotopic (exact) mass is 311 g/mol. The van der Waals surface area contributed by atoms with Gasteiger partial charge in [0.05, 0.1) is 17.7 Å². The number of hydrogen-bond donors (Lipinski definition) is 0.